The second-order valence-electron chi connectivity index (χ2n) is 6.29. The van der Waals surface area contributed by atoms with Crippen LogP contribution in [0.3, 0.4) is 0 Å². The normalized spacial score (nSPS) is 24.0. The van der Waals surface area contributed by atoms with Crippen LogP contribution in [0.25, 0.3) is 0 Å². The zero-order valence-corrected chi connectivity index (χ0v) is 15.5. The zero-order valence-electron chi connectivity index (χ0n) is 13.2. The first-order valence-corrected chi connectivity index (χ1v) is 9.51. The van der Waals surface area contributed by atoms with Crippen LogP contribution in [0.4, 0.5) is 0 Å². The summed E-state index contributed by atoms with van der Waals surface area (Å²) in [6.45, 7) is 5.62. The predicted octanol–water partition coefficient (Wildman–Crippen LogP) is 6.36. The minimum absolute atomic E-state index is 0.427. The summed E-state index contributed by atoms with van der Waals surface area (Å²) in [7, 11) is 0. The van der Waals surface area contributed by atoms with Crippen molar-refractivity contribution < 1.29 is 0 Å². The van der Waals surface area contributed by atoms with E-state index in [-0.39, 0.29) is 0 Å². The van der Waals surface area contributed by atoms with Gasteiger partial charge in [-0.15, -0.1) is 0 Å². The Balaban J connectivity index is 2.16. The van der Waals surface area contributed by atoms with Gasteiger partial charge in [0.25, 0.3) is 0 Å². The van der Waals surface area contributed by atoms with Crippen molar-refractivity contribution >= 4 is 27.5 Å². The number of benzene rings is 1. The highest BCUT2D eigenvalue weighted by atomic mass is 79.9. The molecule has 0 radical (unpaired) electrons. The highest BCUT2D eigenvalue weighted by Gasteiger charge is 2.28. The molecular formula is C18H27BrClN. The molecular weight excluding hydrogens is 346 g/mol. The Morgan fingerprint density at radius 1 is 1.24 bits per heavy atom. The Morgan fingerprint density at radius 3 is 2.57 bits per heavy atom. The molecule has 0 heterocycles. The van der Waals surface area contributed by atoms with Gasteiger partial charge in [0.2, 0.25) is 0 Å². The van der Waals surface area contributed by atoms with Gasteiger partial charge in [0, 0.05) is 15.5 Å². The van der Waals surface area contributed by atoms with Gasteiger partial charge in [-0.25, -0.2) is 0 Å². The summed E-state index contributed by atoms with van der Waals surface area (Å²) in [5.74, 6) is 1.67. The third-order valence-corrected chi connectivity index (χ3v) is 5.80. The van der Waals surface area contributed by atoms with Gasteiger partial charge in [-0.1, -0.05) is 60.6 Å². The lowest BCUT2D eigenvalue weighted by molar-refractivity contribution is 0.218. The van der Waals surface area contributed by atoms with Gasteiger partial charge in [-0.2, -0.15) is 0 Å². The lowest BCUT2D eigenvalue weighted by atomic mass is 9.76. The Labute approximate surface area is 143 Å². The van der Waals surface area contributed by atoms with Crippen molar-refractivity contribution in [2.24, 2.45) is 11.8 Å². The minimum Gasteiger partial charge on any atom is -0.310 e. The molecule has 21 heavy (non-hydrogen) atoms. The Morgan fingerprint density at radius 2 is 1.95 bits per heavy atom. The molecule has 0 bridgehead atoms. The number of rotatable bonds is 6. The van der Waals surface area contributed by atoms with E-state index in [0.717, 1.165) is 23.4 Å². The molecule has 1 atom stereocenters. The van der Waals surface area contributed by atoms with Crippen molar-refractivity contribution in [1.29, 1.82) is 0 Å². The van der Waals surface area contributed by atoms with Crippen LogP contribution in [0, 0.1) is 11.8 Å². The maximum absolute atomic E-state index is 6.23. The number of hydrogen-bond donors (Lipinski definition) is 1. The van der Waals surface area contributed by atoms with Gasteiger partial charge in [0.15, 0.2) is 0 Å². The molecule has 1 nitrogen and oxygen atoms in total. The van der Waals surface area contributed by atoms with E-state index in [0.29, 0.717) is 6.04 Å². The Hall–Kier alpha value is -0.0500. The summed E-state index contributed by atoms with van der Waals surface area (Å²) < 4.78 is 1.18. The van der Waals surface area contributed by atoms with E-state index in [1.165, 1.54) is 48.6 Å². The second-order valence-corrected chi connectivity index (χ2v) is 7.58. The standard InChI is InChI=1S/C18H27BrClN/c1-3-11-21-18(14-7-5-13(4-2)6-8-14)16-12-15(20)9-10-17(16)19/h9-10,12-14,18,21H,3-8,11H2,1-2H3. The molecule has 1 saturated carbocycles. The van der Waals surface area contributed by atoms with Crippen LogP contribution in [0.2, 0.25) is 5.02 Å². The largest absolute Gasteiger partial charge is 0.310 e. The first-order chi connectivity index (χ1) is 10.2. The van der Waals surface area contributed by atoms with Gasteiger partial charge >= 0.3 is 0 Å². The van der Waals surface area contributed by atoms with Gasteiger partial charge in [0.05, 0.1) is 0 Å². The summed E-state index contributed by atoms with van der Waals surface area (Å²) in [4.78, 5) is 0. The molecule has 0 spiro atoms. The summed E-state index contributed by atoms with van der Waals surface area (Å²) in [6.07, 6.45) is 7.92. The highest BCUT2D eigenvalue weighted by Crippen LogP contribution is 2.40. The van der Waals surface area contributed by atoms with Crippen molar-refractivity contribution in [3.8, 4) is 0 Å². The van der Waals surface area contributed by atoms with Crippen LogP contribution in [0.1, 0.15) is 64.0 Å². The van der Waals surface area contributed by atoms with Crippen LogP contribution >= 0.6 is 27.5 Å². The summed E-state index contributed by atoms with van der Waals surface area (Å²) in [5, 5.41) is 4.60. The summed E-state index contributed by atoms with van der Waals surface area (Å²) in [5.41, 5.74) is 1.33. The molecule has 1 aliphatic rings. The van der Waals surface area contributed by atoms with Crippen molar-refractivity contribution in [3.63, 3.8) is 0 Å². The molecule has 2 rings (SSSR count). The van der Waals surface area contributed by atoms with Crippen LogP contribution in [-0.2, 0) is 0 Å². The molecule has 0 amide bonds. The fraction of sp³-hybridized carbons (Fsp3) is 0.667. The molecule has 1 unspecified atom stereocenters. The molecule has 0 aliphatic heterocycles. The van der Waals surface area contributed by atoms with Crippen LogP contribution in [0.15, 0.2) is 22.7 Å². The summed E-state index contributed by atoms with van der Waals surface area (Å²) >= 11 is 9.95. The Kier molecular flexibility index (Phi) is 7.04. The number of halogens is 2. The molecule has 1 aliphatic carbocycles. The van der Waals surface area contributed by atoms with Gasteiger partial charge in [-0.3, -0.25) is 0 Å². The van der Waals surface area contributed by atoms with Gasteiger partial charge < -0.3 is 5.32 Å². The molecule has 3 heteroatoms. The summed E-state index contributed by atoms with van der Waals surface area (Å²) in [6, 6.07) is 6.59. The number of nitrogens with one attached hydrogen (secondary N) is 1. The van der Waals surface area contributed by atoms with Crippen LogP contribution < -0.4 is 5.32 Å². The third kappa shape index (κ3) is 4.71. The van der Waals surface area contributed by atoms with Crippen LogP contribution in [0.5, 0.6) is 0 Å². The SMILES string of the molecule is CCCNC(c1cc(Cl)ccc1Br)C1CCC(CC)CC1. The molecule has 118 valence electrons. The van der Waals surface area contributed by atoms with E-state index in [1.54, 1.807) is 0 Å². The quantitative estimate of drug-likeness (QED) is 0.612. The molecule has 1 aromatic rings. The first-order valence-electron chi connectivity index (χ1n) is 8.34. The van der Waals surface area contributed by atoms with Crippen molar-refractivity contribution in [3.05, 3.63) is 33.3 Å². The maximum atomic E-state index is 6.23. The van der Waals surface area contributed by atoms with Gasteiger partial charge in [-0.05, 0) is 61.4 Å². The highest BCUT2D eigenvalue weighted by molar-refractivity contribution is 9.10. The van der Waals surface area contributed by atoms with Crippen molar-refractivity contribution in [2.75, 3.05) is 6.54 Å². The van der Waals surface area contributed by atoms with E-state index >= 15 is 0 Å². The van der Waals surface area contributed by atoms with E-state index in [9.17, 15) is 0 Å². The fourth-order valence-corrected chi connectivity index (χ4v) is 4.19. The van der Waals surface area contributed by atoms with Gasteiger partial charge in [0.1, 0.15) is 0 Å². The first kappa shape index (κ1) is 17.3. The lowest BCUT2D eigenvalue weighted by Gasteiger charge is -2.35. The average Bonchev–Trinajstić information content (AvgIpc) is 2.51. The third-order valence-electron chi connectivity index (χ3n) is 4.85. The second kappa shape index (κ2) is 8.55. The van der Waals surface area contributed by atoms with E-state index in [2.05, 4.69) is 47.2 Å². The maximum Gasteiger partial charge on any atom is 0.0410 e. The lowest BCUT2D eigenvalue weighted by Crippen LogP contribution is -2.31. The van der Waals surface area contributed by atoms with Crippen molar-refractivity contribution in [2.45, 2.75) is 58.4 Å². The van der Waals surface area contributed by atoms with E-state index in [1.807, 2.05) is 6.07 Å². The van der Waals surface area contributed by atoms with E-state index < -0.39 is 0 Å². The fourth-order valence-electron chi connectivity index (χ4n) is 3.51. The van der Waals surface area contributed by atoms with Crippen molar-refractivity contribution in [1.82, 2.24) is 5.32 Å². The Bertz CT molecular complexity index is 441. The zero-order chi connectivity index (χ0) is 15.2. The monoisotopic (exact) mass is 371 g/mol. The average molecular weight is 373 g/mol. The van der Waals surface area contributed by atoms with E-state index in [4.69, 9.17) is 11.6 Å². The predicted molar refractivity (Wildman–Crippen MR) is 95.9 cm³/mol. The topological polar surface area (TPSA) is 12.0 Å². The molecule has 1 fully saturated rings. The molecule has 0 saturated heterocycles. The molecule has 1 N–H and O–H groups in total. The minimum atomic E-state index is 0.427. The number of hydrogen-bond acceptors (Lipinski definition) is 1. The molecule has 0 aromatic heterocycles. The van der Waals surface area contributed by atoms with Crippen LogP contribution in [-0.4, -0.2) is 6.54 Å². The molecule has 1 aromatic carbocycles. The smallest absolute Gasteiger partial charge is 0.0410 e.